The van der Waals surface area contributed by atoms with Gasteiger partial charge >= 0.3 is 0 Å². The van der Waals surface area contributed by atoms with Crippen LogP contribution >= 0.6 is 11.3 Å². The predicted octanol–water partition coefficient (Wildman–Crippen LogP) is 1.94. The third-order valence-electron chi connectivity index (χ3n) is 2.11. The van der Waals surface area contributed by atoms with E-state index in [1.807, 2.05) is 13.8 Å². The Morgan fingerprint density at radius 2 is 2.12 bits per heavy atom. The third kappa shape index (κ3) is 4.28. The maximum absolute atomic E-state index is 11.5. The van der Waals surface area contributed by atoms with Gasteiger partial charge in [-0.2, -0.15) is 0 Å². The molecule has 1 heterocycles. The minimum Gasteiger partial charge on any atom is -0.308 e. The number of aryl methyl sites for hydroxylation is 2. The number of hydrogen-bond donors (Lipinski definition) is 2. The molecule has 0 aliphatic heterocycles. The minimum atomic E-state index is -0.0330. The van der Waals surface area contributed by atoms with Gasteiger partial charge in [-0.15, -0.1) is 11.3 Å². The number of amides is 1. The lowest BCUT2D eigenvalue weighted by Gasteiger charge is -2.06. The number of anilines is 1. The topological polar surface area (TPSA) is 54.0 Å². The molecule has 4 nitrogen and oxygen atoms in total. The van der Waals surface area contributed by atoms with E-state index in [1.54, 1.807) is 0 Å². The smallest absolute Gasteiger partial charge is 0.240 e. The number of nitrogens with one attached hydrogen (secondary N) is 2. The molecule has 0 radical (unpaired) electrons. The fourth-order valence-electron chi connectivity index (χ4n) is 1.16. The van der Waals surface area contributed by atoms with Crippen LogP contribution in [0.5, 0.6) is 0 Å². The van der Waals surface area contributed by atoms with Gasteiger partial charge in [0, 0.05) is 4.88 Å². The Bertz CT molecular complexity index is 341. The lowest BCUT2D eigenvalue weighted by Crippen LogP contribution is -2.30. The van der Waals surface area contributed by atoms with Gasteiger partial charge in [0.15, 0.2) is 5.13 Å². The molecule has 0 spiro atoms. The average molecular weight is 241 g/mol. The highest BCUT2D eigenvalue weighted by atomic mass is 32.1. The highest BCUT2D eigenvalue weighted by Crippen LogP contribution is 2.20. The molecule has 0 aliphatic rings. The second-order valence-electron chi connectivity index (χ2n) is 4.23. The molecule has 1 aromatic heterocycles. The molecule has 0 fully saturated rings. The van der Waals surface area contributed by atoms with Crippen molar-refractivity contribution in [1.29, 1.82) is 0 Å². The van der Waals surface area contributed by atoms with E-state index in [4.69, 9.17) is 0 Å². The Morgan fingerprint density at radius 1 is 1.44 bits per heavy atom. The normalized spacial score (nSPS) is 10.8. The Morgan fingerprint density at radius 3 is 2.62 bits per heavy atom. The summed E-state index contributed by atoms with van der Waals surface area (Å²) in [6.45, 7) is 9.36. The molecule has 0 unspecified atom stereocenters. The van der Waals surface area contributed by atoms with Gasteiger partial charge in [0.2, 0.25) is 5.91 Å². The summed E-state index contributed by atoms with van der Waals surface area (Å²) in [7, 11) is 0. The first-order chi connectivity index (χ1) is 7.49. The monoisotopic (exact) mass is 241 g/mol. The van der Waals surface area contributed by atoms with Crippen LogP contribution in [0.1, 0.15) is 24.4 Å². The van der Waals surface area contributed by atoms with Gasteiger partial charge in [0.05, 0.1) is 12.2 Å². The SMILES string of the molecule is Cc1nc(NC(=O)CNCC(C)C)sc1C. The van der Waals surface area contributed by atoms with E-state index >= 15 is 0 Å². The Balaban J connectivity index is 2.34. The molecular formula is C11H19N3OS. The summed E-state index contributed by atoms with van der Waals surface area (Å²) < 4.78 is 0. The number of carbonyl (C=O) groups excluding carboxylic acids is 1. The van der Waals surface area contributed by atoms with E-state index in [1.165, 1.54) is 11.3 Å². The van der Waals surface area contributed by atoms with Crippen LogP contribution in [0.15, 0.2) is 0 Å². The number of carbonyl (C=O) groups is 1. The number of rotatable bonds is 5. The first-order valence-corrected chi connectivity index (χ1v) is 6.25. The fourth-order valence-corrected chi connectivity index (χ4v) is 1.99. The van der Waals surface area contributed by atoms with Crippen LogP contribution in [-0.4, -0.2) is 24.0 Å². The molecule has 90 valence electrons. The molecule has 1 rings (SSSR count). The molecule has 1 amide bonds. The Labute approximate surface area is 100 Å². The van der Waals surface area contributed by atoms with Gasteiger partial charge in [-0.3, -0.25) is 4.79 Å². The van der Waals surface area contributed by atoms with Crippen LogP contribution in [0.2, 0.25) is 0 Å². The molecule has 0 aliphatic carbocycles. The zero-order chi connectivity index (χ0) is 12.1. The molecule has 1 aromatic rings. The van der Waals surface area contributed by atoms with Crippen LogP contribution in [0.3, 0.4) is 0 Å². The second kappa shape index (κ2) is 5.96. The van der Waals surface area contributed by atoms with Crippen LogP contribution in [0.25, 0.3) is 0 Å². The van der Waals surface area contributed by atoms with Crippen molar-refractivity contribution < 1.29 is 4.79 Å². The Kier molecular flexibility index (Phi) is 4.89. The quantitative estimate of drug-likeness (QED) is 0.828. The van der Waals surface area contributed by atoms with E-state index in [0.29, 0.717) is 17.6 Å². The third-order valence-corrected chi connectivity index (χ3v) is 3.10. The van der Waals surface area contributed by atoms with Crippen LogP contribution < -0.4 is 10.6 Å². The lowest BCUT2D eigenvalue weighted by molar-refractivity contribution is -0.115. The van der Waals surface area contributed by atoms with E-state index in [-0.39, 0.29) is 5.91 Å². The first-order valence-electron chi connectivity index (χ1n) is 5.43. The first kappa shape index (κ1) is 13.1. The summed E-state index contributed by atoms with van der Waals surface area (Å²) in [5, 5.41) is 6.56. The molecule has 16 heavy (non-hydrogen) atoms. The van der Waals surface area contributed by atoms with E-state index in [0.717, 1.165) is 17.1 Å². The van der Waals surface area contributed by atoms with Crippen LogP contribution in [0, 0.1) is 19.8 Å². The van der Waals surface area contributed by atoms with Crippen molar-refractivity contribution in [2.45, 2.75) is 27.7 Å². The fraction of sp³-hybridized carbons (Fsp3) is 0.636. The highest BCUT2D eigenvalue weighted by Gasteiger charge is 2.07. The molecule has 0 saturated heterocycles. The summed E-state index contributed by atoms with van der Waals surface area (Å²) in [6.07, 6.45) is 0. The van der Waals surface area contributed by atoms with E-state index in [9.17, 15) is 4.79 Å². The molecule has 0 atom stereocenters. The Hall–Kier alpha value is -0.940. The van der Waals surface area contributed by atoms with Crippen molar-refractivity contribution in [2.24, 2.45) is 5.92 Å². The minimum absolute atomic E-state index is 0.0330. The van der Waals surface area contributed by atoms with Crippen molar-refractivity contribution in [3.8, 4) is 0 Å². The predicted molar refractivity (Wildman–Crippen MR) is 67.9 cm³/mol. The molecule has 0 saturated carbocycles. The molecule has 2 N–H and O–H groups in total. The summed E-state index contributed by atoms with van der Waals surface area (Å²) in [6, 6.07) is 0. The lowest BCUT2D eigenvalue weighted by atomic mass is 10.2. The molecular weight excluding hydrogens is 222 g/mol. The second-order valence-corrected chi connectivity index (χ2v) is 5.44. The zero-order valence-corrected chi connectivity index (χ0v) is 11.1. The number of hydrogen-bond acceptors (Lipinski definition) is 4. The number of thiazole rings is 1. The van der Waals surface area contributed by atoms with Crippen molar-refractivity contribution in [2.75, 3.05) is 18.4 Å². The van der Waals surface area contributed by atoms with Crippen molar-refractivity contribution >= 4 is 22.4 Å². The van der Waals surface area contributed by atoms with Crippen LogP contribution in [-0.2, 0) is 4.79 Å². The van der Waals surface area contributed by atoms with Crippen molar-refractivity contribution in [1.82, 2.24) is 10.3 Å². The van der Waals surface area contributed by atoms with Gasteiger partial charge in [-0.05, 0) is 26.3 Å². The van der Waals surface area contributed by atoms with Gasteiger partial charge in [-0.1, -0.05) is 13.8 Å². The molecule has 0 aromatic carbocycles. The van der Waals surface area contributed by atoms with Gasteiger partial charge in [0.1, 0.15) is 0 Å². The summed E-state index contributed by atoms with van der Waals surface area (Å²) >= 11 is 1.51. The van der Waals surface area contributed by atoms with Gasteiger partial charge in [-0.25, -0.2) is 4.98 Å². The van der Waals surface area contributed by atoms with E-state index < -0.39 is 0 Å². The van der Waals surface area contributed by atoms with Crippen molar-refractivity contribution in [3.05, 3.63) is 10.6 Å². The standard InChI is InChI=1S/C11H19N3OS/c1-7(2)5-12-6-10(15)14-11-13-8(3)9(4)16-11/h7,12H,5-6H2,1-4H3,(H,13,14,15). The van der Waals surface area contributed by atoms with E-state index in [2.05, 4.69) is 29.5 Å². The number of aromatic nitrogens is 1. The summed E-state index contributed by atoms with van der Waals surface area (Å²) in [5.41, 5.74) is 0.982. The zero-order valence-electron chi connectivity index (χ0n) is 10.3. The molecule has 5 heteroatoms. The van der Waals surface area contributed by atoms with Gasteiger partial charge in [0.25, 0.3) is 0 Å². The van der Waals surface area contributed by atoms with Gasteiger partial charge < -0.3 is 10.6 Å². The molecule has 0 bridgehead atoms. The van der Waals surface area contributed by atoms with Crippen molar-refractivity contribution in [3.63, 3.8) is 0 Å². The maximum Gasteiger partial charge on any atom is 0.240 e. The summed E-state index contributed by atoms with van der Waals surface area (Å²) in [5.74, 6) is 0.520. The summed E-state index contributed by atoms with van der Waals surface area (Å²) in [4.78, 5) is 16.9. The highest BCUT2D eigenvalue weighted by molar-refractivity contribution is 7.15. The average Bonchev–Trinajstić information content (AvgIpc) is 2.44. The largest absolute Gasteiger partial charge is 0.308 e. The maximum atomic E-state index is 11.5. The number of nitrogens with zero attached hydrogens (tertiary/aromatic N) is 1. The van der Waals surface area contributed by atoms with Crippen LogP contribution in [0.4, 0.5) is 5.13 Å².